The Hall–Kier alpha value is -2.47. The third-order valence-corrected chi connectivity index (χ3v) is 5.57. The van der Waals surface area contributed by atoms with Crippen molar-refractivity contribution in [3.8, 4) is 0 Å². The summed E-state index contributed by atoms with van der Waals surface area (Å²) in [6.45, 7) is 4.23. The van der Waals surface area contributed by atoms with E-state index in [1.165, 1.54) is 6.42 Å². The predicted octanol–water partition coefficient (Wildman–Crippen LogP) is 4.51. The van der Waals surface area contributed by atoms with Crippen molar-refractivity contribution in [2.45, 2.75) is 52.5 Å². The van der Waals surface area contributed by atoms with Crippen LogP contribution in [0.4, 0.5) is 5.69 Å². The number of aryl methyl sites for hydroxylation is 2. The first kappa shape index (κ1) is 18.9. The molecule has 2 aromatic heterocycles. The lowest BCUT2D eigenvalue weighted by Crippen LogP contribution is -2.37. The summed E-state index contributed by atoms with van der Waals surface area (Å²) in [7, 11) is 0. The van der Waals surface area contributed by atoms with E-state index in [-0.39, 0.29) is 11.8 Å². The molecule has 0 spiro atoms. The van der Waals surface area contributed by atoms with Crippen molar-refractivity contribution in [3.63, 3.8) is 0 Å². The number of benzene rings is 1. The van der Waals surface area contributed by atoms with Crippen molar-refractivity contribution in [1.29, 1.82) is 0 Å². The second kappa shape index (κ2) is 7.87. The largest absolute Gasteiger partial charge is 0.304 e. The second-order valence-electron chi connectivity index (χ2n) is 7.51. The highest BCUT2D eigenvalue weighted by atomic mass is 35.5. The molecule has 0 radical (unpaired) electrons. The van der Waals surface area contributed by atoms with Gasteiger partial charge in [-0.2, -0.15) is 4.98 Å². The molecule has 1 aliphatic rings. The van der Waals surface area contributed by atoms with Crippen molar-refractivity contribution < 1.29 is 4.79 Å². The van der Waals surface area contributed by atoms with Gasteiger partial charge in [-0.15, -0.1) is 5.10 Å². The Balaban J connectivity index is 1.67. The summed E-state index contributed by atoms with van der Waals surface area (Å²) in [6.07, 6.45) is 5.32. The smallest absolute Gasteiger partial charge is 0.252 e. The number of carbonyl (C=O) groups is 1. The molecule has 7 heteroatoms. The average molecular weight is 398 g/mol. The van der Waals surface area contributed by atoms with Gasteiger partial charge < -0.3 is 4.90 Å². The molecule has 146 valence electrons. The number of nitrogens with zero attached hydrogens (tertiary/aromatic N) is 5. The molecule has 1 fully saturated rings. The lowest BCUT2D eigenvalue weighted by Gasteiger charge is -2.28. The Morgan fingerprint density at radius 2 is 1.86 bits per heavy atom. The van der Waals surface area contributed by atoms with E-state index in [1.54, 1.807) is 9.42 Å². The average Bonchev–Trinajstić information content (AvgIpc) is 3.10. The molecule has 0 unspecified atom stereocenters. The maximum atomic E-state index is 13.3. The molecule has 0 atom stereocenters. The lowest BCUT2D eigenvalue weighted by molar-refractivity contribution is -0.123. The Kier molecular flexibility index (Phi) is 5.31. The minimum atomic E-state index is 0.0589. The van der Waals surface area contributed by atoms with Crippen molar-refractivity contribution in [2.24, 2.45) is 5.92 Å². The van der Waals surface area contributed by atoms with Gasteiger partial charge in [0.1, 0.15) is 0 Å². The summed E-state index contributed by atoms with van der Waals surface area (Å²) in [5, 5.41) is 5.23. The first-order valence-electron chi connectivity index (χ1n) is 9.78. The van der Waals surface area contributed by atoms with Crippen LogP contribution in [0.15, 0.2) is 30.3 Å². The van der Waals surface area contributed by atoms with Crippen LogP contribution < -0.4 is 4.90 Å². The van der Waals surface area contributed by atoms with Crippen LogP contribution in [-0.4, -0.2) is 25.5 Å². The van der Waals surface area contributed by atoms with E-state index < -0.39 is 0 Å². The molecule has 0 aliphatic heterocycles. The fourth-order valence-corrected chi connectivity index (χ4v) is 4.03. The van der Waals surface area contributed by atoms with Crippen LogP contribution >= 0.6 is 11.6 Å². The van der Waals surface area contributed by atoms with Gasteiger partial charge in [0.25, 0.3) is 5.78 Å². The molecule has 3 aromatic rings. The molecule has 1 aromatic carbocycles. The summed E-state index contributed by atoms with van der Waals surface area (Å²) >= 11 is 6.05. The molecule has 6 nitrogen and oxygen atoms in total. The van der Waals surface area contributed by atoms with Gasteiger partial charge in [0.05, 0.1) is 6.54 Å². The fourth-order valence-electron chi connectivity index (χ4n) is 3.90. The van der Waals surface area contributed by atoms with Gasteiger partial charge in [0.15, 0.2) is 5.82 Å². The van der Waals surface area contributed by atoms with E-state index in [0.717, 1.165) is 42.8 Å². The van der Waals surface area contributed by atoms with Gasteiger partial charge in [-0.1, -0.05) is 30.9 Å². The minimum Gasteiger partial charge on any atom is -0.304 e. The highest BCUT2D eigenvalue weighted by Gasteiger charge is 2.28. The van der Waals surface area contributed by atoms with Gasteiger partial charge in [0, 0.05) is 28.0 Å². The van der Waals surface area contributed by atoms with Crippen LogP contribution in [0.1, 0.15) is 49.3 Å². The number of hydrogen-bond acceptors (Lipinski definition) is 4. The van der Waals surface area contributed by atoms with E-state index in [2.05, 4.69) is 15.1 Å². The molecule has 4 rings (SSSR count). The van der Waals surface area contributed by atoms with Crippen molar-refractivity contribution >= 4 is 29.0 Å². The van der Waals surface area contributed by atoms with Crippen LogP contribution in [0.2, 0.25) is 5.02 Å². The third-order valence-electron chi connectivity index (χ3n) is 5.32. The molecule has 0 N–H and O–H groups in total. The molecule has 2 heterocycles. The van der Waals surface area contributed by atoms with Crippen LogP contribution in [0, 0.1) is 19.8 Å². The number of halogens is 1. The van der Waals surface area contributed by atoms with Crippen LogP contribution in [0.5, 0.6) is 0 Å². The maximum absolute atomic E-state index is 13.3. The number of aromatic nitrogens is 4. The highest BCUT2D eigenvalue weighted by molar-refractivity contribution is 6.30. The Labute approximate surface area is 169 Å². The monoisotopic (exact) mass is 397 g/mol. The molecule has 1 saturated carbocycles. The van der Waals surface area contributed by atoms with E-state index in [1.807, 2.05) is 44.2 Å². The topological polar surface area (TPSA) is 63.4 Å². The van der Waals surface area contributed by atoms with Crippen LogP contribution in [0.25, 0.3) is 5.78 Å². The fraction of sp³-hybridized carbons (Fsp3) is 0.429. The Bertz CT molecular complexity index is 992. The summed E-state index contributed by atoms with van der Waals surface area (Å²) in [5.74, 6) is 1.35. The summed E-state index contributed by atoms with van der Waals surface area (Å²) in [4.78, 5) is 24.2. The Morgan fingerprint density at radius 1 is 1.14 bits per heavy atom. The summed E-state index contributed by atoms with van der Waals surface area (Å²) in [5.41, 5.74) is 2.69. The van der Waals surface area contributed by atoms with Crippen molar-refractivity contribution in [1.82, 2.24) is 19.6 Å². The van der Waals surface area contributed by atoms with Crippen molar-refractivity contribution in [2.75, 3.05) is 4.90 Å². The van der Waals surface area contributed by atoms with E-state index in [0.29, 0.717) is 23.2 Å². The number of hydrogen-bond donors (Lipinski definition) is 0. The van der Waals surface area contributed by atoms with Gasteiger partial charge in [0.2, 0.25) is 5.91 Å². The molecular formula is C21H24ClN5O. The molecule has 28 heavy (non-hydrogen) atoms. The second-order valence-corrected chi connectivity index (χ2v) is 7.95. The van der Waals surface area contributed by atoms with Gasteiger partial charge in [-0.05, 0) is 57.0 Å². The van der Waals surface area contributed by atoms with Gasteiger partial charge >= 0.3 is 0 Å². The van der Waals surface area contributed by atoms with Crippen LogP contribution in [0.3, 0.4) is 0 Å². The number of carbonyl (C=O) groups excluding carboxylic acids is 1. The summed E-state index contributed by atoms with van der Waals surface area (Å²) < 4.78 is 1.73. The number of amides is 1. The molecule has 1 amide bonds. The SMILES string of the molecule is Cc1cc(C)n2nc(CN(C(=O)C3CCCCC3)c3ccc(Cl)cc3)nc2n1. The maximum Gasteiger partial charge on any atom is 0.252 e. The minimum absolute atomic E-state index is 0.0589. The van der Waals surface area contributed by atoms with Gasteiger partial charge in [-0.25, -0.2) is 9.50 Å². The van der Waals surface area contributed by atoms with E-state index in [4.69, 9.17) is 11.6 Å². The third kappa shape index (κ3) is 3.87. The Morgan fingerprint density at radius 3 is 2.57 bits per heavy atom. The number of fused-ring (bicyclic) bond motifs is 1. The highest BCUT2D eigenvalue weighted by Crippen LogP contribution is 2.29. The zero-order valence-corrected chi connectivity index (χ0v) is 17.0. The van der Waals surface area contributed by atoms with Crippen molar-refractivity contribution in [3.05, 3.63) is 52.6 Å². The first-order chi connectivity index (χ1) is 13.5. The molecule has 1 aliphatic carbocycles. The predicted molar refractivity (Wildman–Crippen MR) is 109 cm³/mol. The number of rotatable bonds is 4. The summed E-state index contributed by atoms with van der Waals surface area (Å²) in [6, 6.07) is 9.35. The first-order valence-corrected chi connectivity index (χ1v) is 10.2. The molecular weight excluding hydrogens is 374 g/mol. The van der Waals surface area contributed by atoms with E-state index in [9.17, 15) is 4.79 Å². The van der Waals surface area contributed by atoms with Gasteiger partial charge in [-0.3, -0.25) is 4.79 Å². The quantitative estimate of drug-likeness (QED) is 0.649. The molecule has 0 bridgehead atoms. The zero-order chi connectivity index (χ0) is 19.7. The lowest BCUT2D eigenvalue weighted by atomic mass is 9.88. The van der Waals surface area contributed by atoms with E-state index >= 15 is 0 Å². The molecule has 0 saturated heterocycles. The zero-order valence-electron chi connectivity index (χ0n) is 16.2. The van der Waals surface area contributed by atoms with Crippen LogP contribution in [-0.2, 0) is 11.3 Å². The standard InChI is InChI=1S/C21H24ClN5O/c1-14-12-15(2)27-21(23-14)24-19(25-27)13-26(18-10-8-17(22)9-11-18)20(28)16-6-4-3-5-7-16/h8-12,16H,3-7,13H2,1-2H3. The number of anilines is 1. The normalized spacial score (nSPS) is 15.1.